The molecule has 2 amide bonds. The van der Waals surface area contributed by atoms with E-state index in [9.17, 15) is 18.0 Å². The molecule has 8 heteroatoms. The van der Waals surface area contributed by atoms with E-state index >= 15 is 0 Å². The zero-order valence-electron chi connectivity index (χ0n) is 14.9. The Morgan fingerprint density at radius 1 is 1.23 bits per heavy atom. The quantitative estimate of drug-likeness (QED) is 0.661. The van der Waals surface area contributed by atoms with E-state index in [1.54, 1.807) is 44.2 Å². The first-order valence-electron chi connectivity index (χ1n) is 8.30. The lowest BCUT2D eigenvalue weighted by Gasteiger charge is -2.23. The first-order chi connectivity index (χ1) is 12.3. The lowest BCUT2D eigenvalue weighted by Crippen LogP contribution is -2.44. The van der Waals surface area contributed by atoms with Crippen LogP contribution in [0.4, 0.5) is 0 Å². The van der Waals surface area contributed by atoms with Gasteiger partial charge in [-0.1, -0.05) is 30.3 Å². The highest BCUT2D eigenvalue weighted by Gasteiger charge is 2.31. The van der Waals surface area contributed by atoms with E-state index in [4.69, 9.17) is 5.26 Å². The van der Waals surface area contributed by atoms with Gasteiger partial charge in [0.2, 0.25) is 11.8 Å². The Kier molecular flexibility index (Phi) is 8.52. The third-order valence-corrected chi connectivity index (χ3v) is 4.70. The Hall–Kier alpha value is -2.66. The molecule has 0 bridgehead atoms. The van der Waals surface area contributed by atoms with Crippen LogP contribution < -0.4 is 4.72 Å². The molecule has 1 rings (SSSR count). The molecule has 0 aromatic heterocycles. The summed E-state index contributed by atoms with van der Waals surface area (Å²) in [5.41, 5.74) is 0.658. The van der Waals surface area contributed by atoms with Gasteiger partial charge in [-0.05, 0) is 31.9 Å². The summed E-state index contributed by atoms with van der Waals surface area (Å²) in [4.78, 5) is 26.3. The fraction of sp³-hybridized carbons (Fsp3) is 0.389. The summed E-state index contributed by atoms with van der Waals surface area (Å²) in [7, 11) is -4.06. The van der Waals surface area contributed by atoms with Crippen molar-refractivity contribution < 1.29 is 18.0 Å². The van der Waals surface area contributed by atoms with Gasteiger partial charge in [0.05, 0.1) is 11.5 Å². The first-order valence-corrected chi connectivity index (χ1v) is 9.84. The maximum Gasteiger partial charge on any atom is 0.257 e. The average molecular weight is 377 g/mol. The Labute approximate surface area is 154 Å². The normalized spacial score (nSPS) is 12.3. The van der Waals surface area contributed by atoms with E-state index in [1.807, 2.05) is 10.8 Å². The zero-order valence-corrected chi connectivity index (χ0v) is 15.7. The second kappa shape index (κ2) is 10.4. The SMILES string of the molecule is CCN(CC)C(=O)C(CCC#N)C(=O)NS(=O)(=O)/C=C/c1ccccc1. The maximum absolute atomic E-state index is 12.5. The van der Waals surface area contributed by atoms with Gasteiger partial charge in [0.1, 0.15) is 5.92 Å². The fourth-order valence-electron chi connectivity index (χ4n) is 2.31. The van der Waals surface area contributed by atoms with Crippen LogP contribution in [-0.2, 0) is 19.6 Å². The van der Waals surface area contributed by atoms with E-state index in [2.05, 4.69) is 0 Å². The van der Waals surface area contributed by atoms with E-state index < -0.39 is 27.8 Å². The van der Waals surface area contributed by atoms with Crippen LogP contribution in [0.5, 0.6) is 0 Å². The predicted molar refractivity (Wildman–Crippen MR) is 98.8 cm³/mol. The maximum atomic E-state index is 12.5. The number of hydrogen-bond acceptors (Lipinski definition) is 5. The van der Waals surface area contributed by atoms with Crippen molar-refractivity contribution in [2.45, 2.75) is 26.7 Å². The number of benzene rings is 1. The molecule has 0 heterocycles. The summed E-state index contributed by atoms with van der Waals surface area (Å²) < 4.78 is 26.1. The van der Waals surface area contributed by atoms with Crippen LogP contribution in [0, 0.1) is 17.2 Å². The summed E-state index contributed by atoms with van der Waals surface area (Å²) in [5, 5.41) is 9.62. The molecule has 1 aromatic rings. The van der Waals surface area contributed by atoms with E-state index in [0.717, 1.165) is 5.41 Å². The molecule has 1 atom stereocenters. The molecule has 0 saturated carbocycles. The smallest absolute Gasteiger partial charge is 0.257 e. The van der Waals surface area contributed by atoms with Gasteiger partial charge in [0.15, 0.2) is 0 Å². The average Bonchev–Trinajstić information content (AvgIpc) is 2.62. The molecule has 0 fully saturated rings. The number of nitrogens with one attached hydrogen (secondary N) is 1. The van der Waals surface area contributed by atoms with Crippen molar-refractivity contribution in [2.75, 3.05) is 13.1 Å². The zero-order chi connectivity index (χ0) is 19.6. The number of hydrogen-bond donors (Lipinski definition) is 1. The van der Waals surface area contributed by atoms with Gasteiger partial charge in [-0.25, -0.2) is 13.1 Å². The molecule has 7 nitrogen and oxygen atoms in total. The lowest BCUT2D eigenvalue weighted by atomic mass is 10.0. The molecule has 1 N–H and O–H groups in total. The van der Waals surface area contributed by atoms with E-state index in [0.29, 0.717) is 18.7 Å². The summed E-state index contributed by atoms with van der Waals surface area (Å²) in [5.74, 6) is -2.62. The van der Waals surface area contributed by atoms with Crippen molar-refractivity contribution in [1.82, 2.24) is 9.62 Å². The van der Waals surface area contributed by atoms with Crippen LogP contribution >= 0.6 is 0 Å². The number of amides is 2. The second-order valence-corrected chi connectivity index (χ2v) is 7.05. The van der Waals surface area contributed by atoms with Crippen LogP contribution in [-0.4, -0.2) is 38.2 Å². The Bertz CT molecular complexity index is 778. The molecule has 0 saturated heterocycles. The van der Waals surface area contributed by atoms with Crippen molar-refractivity contribution in [3.63, 3.8) is 0 Å². The molecule has 0 aliphatic carbocycles. The first kappa shape index (κ1) is 21.4. The Balaban J connectivity index is 2.92. The molecule has 0 radical (unpaired) electrons. The van der Waals surface area contributed by atoms with Gasteiger partial charge in [0.25, 0.3) is 10.0 Å². The van der Waals surface area contributed by atoms with Crippen LogP contribution in [0.15, 0.2) is 35.7 Å². The Morgan fingerprint density at radius 3 is 2.38 bits per heavy atom. The summed E-state index contributed by atoms with van der Waals surface area (Å²) in [6.45, 7) is 4.32. The highest BCUT2D eigenvalue weighted by molar-refractivity contribution is 7.93. The van der Waals surface area contributed by atoms with Gasteiger partial charge >= 0.3 is 0 Å². The minimum atomic E-state index is -4.06. The van der Waals surface area contributed by atoms with Crippen LogP contribution in [0.25, 0.3) is 6.08 Å². The van der Waals surface area contributed by atoms with Crippen molar-refractivity contribution in [3.05, 3.63) is 41.3 Å². The van der Waals surface area contributed by atoms with Crippen molar-refractivity contribution in [2.24, 2.45) is 5.92 Å². The molecule has 26 heavy (non-hydrogen) atoms. The van der Waals surface area contributed by atoms with Gasteiger partial charge in [-0.15, -0.1) is 0 Å². The topological polar surface area (TPSA) is 107 Å². The third-order valence-electron chi connectivity index (χ3n) is 3.72. The highest BCUT2D eigenvalue weighted by atomic mass is 32.2. The largest absolute Gasteiger partial charge is 0.343 e. The Morgan fingerprint density at radius 2 is 1.85 bits per heavy atom. The number of nitrogens with zero attached hydrogens (tertiary/aromatic N) is 2. The van der Waals surface area contributed by atoms with E-state index in [-0.39, 0.29) is 12.8 Å². The van der Waals surface area contributed by atoms with Crippen LogP contribution in [0.3, 0.4) is 0 Å². The highest BCUT2D eigenvalue weighted by Crippen LogP contribution is 2.12. The summed E-state index contributed by atoms with van der Waals surface area (Å²) in [6.07, 6.45) is 1.30. The van der Waals surface area contributed by atoms with Gasteiger partial charge < -0.3 is 4.90 Å². The van der Waals surface area contributed by atoms with Gasteiger partial charge in [-0.3, -0.25) is 9.59 Å². The van der Waals surface area contributed by atoms with E-state index in [1.165, 1.54) is 11.0 Å². The minimum Gasteiger partial charge on any atom is -0.343 e. The van der Waals surface area contributed by atoms with Gasteiger partial charge in [-0.2, -0.15) is 5.26 Å². The molecule has 1 unspecified atom stereocenters. The molecule has 0 spiro atoms. The van der Waals surface area contributed by atoms with Crippen molar-refractivity contribution in [1.29, 1.82) is 5.26 Å². The number of rotatable bonds is 9. The van der Waals surface area contributed by atoms with Crippen molar-refractivity contribution in [3.8, 4) is 6.07 Å². The third kappa shape index (κ3) is 6.69. The molecule has 140 valence electrons. The predicted octanol–water partition coefficient (Wildman–Crippen LogP) is 1.89. The number of nitriles is 1. The van der Waals surface area contributed by atoms with Crippen LogP contribution in [0.1, 0.15) is 32.3 Å². The fourth-order valence-corrected chi connectivity index (χ4v) is 3.14. The summed E-state index contributed by atoms with van der Waals surface area (Å²) in [6, 6.07) is 10.6. The molecule has 0 aliphatic rings. The monoisotopic (exact) mass is 377 g/mol. The van der Waals surface area contributed by atoms with Crippen LogP contribution in [0.2, 0.25) is 0 Å². The van der Waals surface area contributed by atoms with Gasteiger partial charge in [0, 0.05) is 19.5 Å². The number of sulfonamides is 1. The summed E-state index contributed by atoms with van der Waals surface area (Å²) >= 11 is 0. The molecular formula is C18H23N3O4S. The minimum absolute atomic E-state index is 0.0228. The number of carbonyl (C=O) groups excluding carboxylic acids is 2. The molecule has 1 aromatic carbocycles. The van der Waals surface area contributed by atoms with Crippen molar-refractivity contribution >= 4 is 27.9 Å². The molecular weight excluding hydrogens is 354 g/mol. The molecule has 0 aliphatic heterocycles. The number of carbonyl (C=O) groups is 2. The second-order valence-electron chi connectivity index (χ2n) is 5.48. The standard InChI is InChI=1S/C18H23N3O4S/c1-3-21(4-2)18(23)16(11-8-13-19)17(22)20-26(24,25)14-12-15-9-6-5-7-10-15/h5-7,9-10,12,14,16H,3-4,8,11H2,1-2H3,(H,20,22)/b14-12+. The lowest BCUT2D eigenvalue weighted by molar-refractivity contribution is -0.141.